The fourth-order valence-corrected chi connectivity index (χ4v) is 2.27. The van der Waals surface area contributed by atoms with Gasteiger partial charge in [0.2, 0.25) is 0 Å². The van der Waals surface area contributed by atoms with Crippen molar-refractivity contribution in [2.75, 3.05) is 20.7 Å². The summed E-state index contributed by atoms with van der Waals surface area (Å²) in [6, 6.07) is 0. The van der Waals surface area contributed by atoms with E-state index in [1.807, 2.05) is 7.05 Å². The molecule has 0 atom stereocenters. The molecule has 96 valence electrons. The lowest BCUT2D eigenvalue weighted by molar-refractivity contribution is -0.140. The van der Waals surface area contributed by atoms with Gasteiger partial charge in [0.25, 0.3) is 0 Å². The second-order valence-electron chi connectivity index (χ2n) is 4.00. The minimum Gasteiger partial charge on any atom is -0.469 e. The third-order valence-electron chi connectivity index (χ3n) is 2.48. The normalized spacial score (nSPS) is 10.8. The van der Waals surface area contributed by atoms with Crippen molar-refractivity contribution in [3.05, 3.63) is 16.1 Å². The van der Waals surface area contributed by atoms with Gasteiger partial charge in [-0.1, -0.05) is 6.92 Å². The number of nitrogens with zero attached hydrogens (tertiary/aromatic N) is 2. The fourth-order valence-electron chi connectivity index (χ4n) is 1.53. The van der Waals surface area contributed by atoms with E-state index in [1.165, 1.54) is 12.1 Å². The number of hydrogen-bond donors (Lipinski definition) is 0. The van der Waals surface area contributed by atoms with Crippen LogP contribution in [0, 0.1) is 0 Å². The SMILES string of the molecule is CCc1nc(CN(C)CCCC(=O)OC)cs1. The number of carbonyl (C=O) groups excluding carboxylic acids is 1. The van der Waals surface area contributed by atoms with Crippen LogP contribution in [0.3, 0.4) is 0 Å². The van der Waals surface area contributed by atoms with Crippen LogP contribution in [-0.2, 0) is 22.5 Å². The summed E-state index contributed by atoms with van der Waals surface area (Å²) in [5, 5.41) is 3.29. The highest BCUT2D eigenvalue weighted by atomic mass is 32.1. The maximum absolute atomic E-state index is 10.9. The molecule has 0 N–H and O–H groups in total. The van der Waals surface area contributed by atoms with Crippen LogP contribution in [0.5, 0.6) is 0 Å². The van der Waals surface area contributed by atoms with E-state index in [0.717, 1.165) is 31.6 Å². The summed E-state index contributed by atoms with van der Waals surface area (Å²) < 4.78 is 4.60. The van der Waals surface area contributed by atoms with Gasteiger partial charge in [0.05, 0.1) is 17.8 Å². The number of thiazole rings is 1. The van der Waals surface area contributed by atoms with Crippen LogP contribution >= 0.6 is 11.3 Å². The van der Waals surface area contributed by atoms with Gasteiger partial charge in [0.1, 0.15) is 0 Å². The van der Waals surface area contributed by atoms with Crippen LogP contribution in [0.1, 0.15) is 30.5 Å². The van der Waals surface area contributed by atoms with E-state index >= 15 is 0 Å². The number of aromatic nitrogens is 1. The minimum atomic E-state index is -0.139. The fraction of sp³-hybridized carbons (Fsp3) is 0.667. The van der Waals surface area contributed by atoms with E-state index < -0.39 is 0 Å². The van der Waals surface area contributed by atoms with Crippen LogP contribution in [0.4, 0.5) is 0 Å². The standard InChI is InChI=1S/C12H20N2O2S/c1-4-11-13-10(9-17-11)8-14(2)7-5-6-12(15)16-3/h9H,4-8H2,1-3H3. The third kappa shape index (κ3) is 5.28. The first-order valence-corrected chi connectivity index (χ1v) is 6.72. The Morgan fingerprint density at radius 1 is 1.59 bits per heavy atom. The summed E-state index contributed by atoms with van der Waals surface area (Å²) in [5.41, 5.74) is 1.12. The van der Waals surface area contributed by atoms with E-state index in [4.69, 9.17) is 0 Å². The molecule has 17 heavy (non-hydrogen) atoms. The van der Waals surface area contributed by atoms with Crippen LogP contribution in [0.15, 0.2) is 5.38 Å². The average Bonchev–Trinajstić information content (AvgIpc) is 2.76. The first-order chi connectivity index (χ1) is 8.15. The molecule has 1 heterocycles. The van der Waals surface area contributed by atoms with Gasteiger partial charge in [-0.2, -0.15) is 0 Å². The highest BCUT2D eigenvalue weighted by Crippen LogP contribution is 2.11. The Hall–Kier alpha value is -0.940. The molecule has 1 aromatic rings. The molecule has 0 aliphatic carbocycles. The lowest BCUT2D eigenvalue weighted by Crippen LogP contribution is -2.20. The Bertz CT molecular complexity index is 352. The highest BCUT2D eigenvalue weighted by molar-refractivity contribution is 7.09. The van der Waals surface area contributed by atoms with Gasteiger partial charge in [0.15, 0.2) is 0 Å². The van der Waals surface area contributed by atoms with Gasteiger partial charge in [-0.05, 0) is 26.4 Å². The van der Waals surface area contributed by atoms with E-state index in [-0.39, 0.29) is 5.97 Å². The second-order valence-corrected chi connectivity index (χ2v) is 4.95. The van der Waals surface area contributed by atoms with E-state index in [0.29, 0.717) is 6.42 Å². The Morgan fingerprint density at radius 3 is 2.94 bits per heavy atom. The van der Waals surface area contributed by atoms with Crippen LogP contribution < -0.4 is 0 Å². The summed E-state index contributed by atoms with van der Waals surface area (Å²) in [4.78, 5) is 17.6. The van der Waals surface area contributed by atoms with Crippen molar-refractivity contribution in [3.8, 4) is 0 Å². The molecule has 1 aromatic heterocycles. The van der Waals surface area contributed by atoms with Crippen LogP contribution in [0.25, 0.3) is 0 Å². The largest absolute Gasteiger partial charge is 0.469 e. The van der Waals surface area contributed by atoms with Crippen molar-refractivity contribution in [3.63, 3.8) is 0 Å². The zero-order valence-electron chi connectivity index (χ0n) is 10.7. The topological polar surface area (TPSA) is 42.4 Å². The van der Waals surface area contributed by atoms with Crippen LogP contribution in [-0.4, -0.2) is 36.6 Å². The summed E-state index contributed by atoms with van der Waals surface area (Å²) in [7, 11) is 3.47. The molecule has 5 heteroatoms. The van der Waals surface area contributed by atoms with E-state index in [1.54, 1.807) is 11.3 Å². The first-order valence-electron chi connectivity index (χ1n) is 5.84. The zero-order chi connectivity index (χ0) is 12.7. The summed E-state index contributed by atoms with van der Waals surface area (Å²) in [6.45, 7) is 3.84. The molecule has 0 aliphatic rings. The molecule has 0 spiro atoms. The van der Waals surface area contributed by atoms with E-state index in [2.05, 4.69) is 26.9 Å². The number of carbonyl (C=O) groups is 1. The van der Waals surface area contributed by atoms with Gasteiger partial charge >= 0.3 is 5.97 Å². The van der Waals surface area contributed by atoms with Crippen molar-refractivity contribution in [1.29, 1.82) is 0 Å². The van der Waals surface area contributed by atoms with Crippen molar-refractivity contribution >= 4 is 17.3 Å². The lowest BCUT2D eigenvalue weighted by atomic mass is 10.3. The third-order valence-corrected chi connectivity index (χ3v) is 3.52. The molecule has 0 unspecified atom stereocenters. The molecule has 0 saturated heterocycles. The number of rotatable bonds is 7. The van der Waals surface area contributed by atoms with Crippen LogP contribution in [0.2, 0.25) is 0 Å². The molecule has 0 aromatic carbocycles. The number of aryl methyl sites for hydroxylation is 1. The number of ether oxygens (including phenoxy) is 1. The maximum Gasteiger partial charge on any atom is 0.305 e. The van der Waals surface area contributed by atoms with Crippen molar-refractivity contribution in [2.45, 2.75) is 32.7 Å². The Kier molecular flexibility index (Phi) is 6.15. The minimum absolute atomic E-state index is 0.139. The van der Waals surface area contributed by atoms with Gasteiger partial charge in [-0.3, -0.25) is 4.79 Å². The highest BCUT2D eigenvalue weighted by Gasteiger charge is 2.06. The number of hydrogen-bond acceptors (Lipinski definition) is 5. The van der Waals surface area contributed by atoms with Crippen molar-refractivity contribution in [1.82, 2.24) is 9.88 Å². The van der Waals surface area contributed by atoms with Gasteiger partial charge < -0.3 is 9.64 Å². The van der Waals surface area contributed by atoms with Gasteiger partial charge in [-0.25, -0.2) is 4.98 Å². The summed E-state index contributed by atoms with van der Waals surface area (Å²) in [5.74, 6) is -0.139. The monoisotopic (exact) mass is 256 g/mol. The molecular weight excluding hydrogens is 236 g/mol. The van der Waals surface area contributed by atoms with Gasteiger partial charge in [-0.15, -0.1) is 11.3 Å². The molecular formula is C12H20N2O2S. The average molecular weight is 256 g/mol. The molecule has 0 saturated carbocycles. The van der Waals surface area contributed by atoms with Crippen molar-refractivity contribution in [2.24, 2.45) is 0 Å². The molecule has 4 nitrogen and oxygen atoms in total. The predicted octanol–water partition coefficient (Wildman–Crippen LogP) is 2.09. The molecule has 1 rings (SSSR count). The molecule has 0 aliphatic heterocycles. The Labute approximate surface area is 107 Å². The maximum atomic E-state index is 10.9. The molecule has 0 radical (unpaired) electrons. The second kappa shape index (κ2) is 7.40. The summed E-state index contributed by atoms with van der Waals surface area (Å²) >= 11 is 1.71. The predicted molar refractivity (Wildman–Crippen MR) is 69.1 cm³/mol. The zero-order valence-corrected chi connectivity index (χ0v) is 11.5. The molecule has 0 fully saturated rings. The Morgan fingerprint density at radius 2 is 2.35 bits per heavy atom. The first kappa shape index (κ1) is 14.1. The van der Waals surface area contributed by atoms with E-state index in [9.17, 15) is 4.79 Å². The molecule has 0 bridgehead atoms. The number of esters is 1. The van der Waals surface area contributed by atoms with Gasteiger partial charge in [0, 0.05) is 18.3 Å². The Balaban J connectivity index is 2.24. The quantitative estimate of drug-likeness (QED) is 0.701. The summed E-state index contributed by atoms with van der Waals surface area (Å²) in [6.07, 6.45) is 2.31. The van der Waals surface area contributed by atoms with Crippen molar-refractivity contribution < 1.29 is 9.53 Å². The lowest BCUT2D eigenvalue weighted by Gasteiger charge is -2.14. The smallest absolute Gasteiger partial charge is 0.305 e. The molecule has 0 amide bonds. The number of methoxy groups -OCH3 is 1.